The van der Waals surface area contributed by atoms with Gasteiger partial charge < -0.3 is 20.1 Å². The summed E-state index contributed by atoms with van der Waals surface area (Å²) in [5, 5.41) is 0. The van der Waals surface area contributed by atoms with E-state index in [1.807, 2.05) is 11.8 Å². The number of carbonyl (C=O) groups is 1. The van der Waals surface area contributed by atoms with Gasteiger partial charge in [0.15, 0.2) is 0 Å². The van der Waals surface area contributed by atoms with Crippen LogP contribution in [-0.2, 0) is 14.3 Å². The van der Waals surface area contributed by atoms with Crippen LogP contribution in [0.15, 0.2) is 0 Å². The Labute approximate surface area is 152 Å². The van der Waals surface area contributed by atoms with Crippen molar-refractivity contribution in [2.75, 3.05) is 53.0 Å². The average molecular weight is 374 g/mol. The van der Waals surface area contributed by atoms with Gasteiger partial charge in [-0.15, -0.1) is 24.8 Å². The molecule has 1 amide bonds. The minimum atomic E-state index is -0.173. The quantitative estimate of drug-likeness (QED) is 0.614. The Hall–Kier alpha value is -0.110. The molecule has 2 unspecified atom stereocenters. The van der Waals surface area contributed by atoms with Gasteiger partial charge in [-0.2, -0.15) is 0 Å². The molecule has 0 bridgehead atoms. The number of rotatable bonds is 9. The summed E-state index contributed by atoms with van der Waals surface area (Å²) < 4.78 is 10.6. The van der Waals surface area contributed by atoms with E-state index in [-0.39, 0.29) is 36.8 Å². The van der Waals surface area contributed by atoms with Crippen molar-refractivity contribution in [2.24, 2.45) is 5.73 Å². The Balaban J connectivity index is 0. The lowest BCUT2D eigenvalue weighted by Gasteiger charge is -2.41. The predicted octanol–water partition coefficient (Wildman–Crippen LogP) is 1.15. The molecule has 0 aliphatic carbocycles. The fourth-order valence-electron chi connectivity index (χ4n) is 2.71. The van der Waals surface area contributed by atoms with Crippen molar-refractivity contribution in [3.05, 3.63) is 0 Å². The van der Waals surface area contributed by atoms with E-state index in [0.717, 1.165) is 45.8 Å². The Kier molecular flexibility index (Phi) is 15.6. The number of hydrogen-bond acceptors (Lipinski definition) is 5. The van der Waals surface area contributed by atoms with Gasteiger partial charge in [-0.1, -0.05) is 6.92 Å². The number of hydrogen-bond donors (Lipinski definition) is 1. The van der Waals surface area contributed by atoms with E-state index in [2.05, 4.69) is 11.8 Å². The maximum atomic E-state index is 12.3. The molecule has 8 heteroatoms. The van der Waals surface area contributed by atoms with E-state index < -0.39 is 0 Å². The summed E-state index contributed by atoms with van der Waals surface area (Å²) in [5.41, 5.74) is 5.59. The van der Waals surface area contributed by atoms with E-state index in [9.17, 15) is 4.79 Å². The van der Waals surface area contributed by atoms with Crippen molar-refractivity contribution in [1.82, 2.24) is 9.80 Å². The Morgan fingerprint density at radius 1 is 1.30 bits per heavy atom. The van der Waals surface area contributed by atoms with Gasteiger partial charge in [-0.3, -0.25) is 9.69 Å². The molecule has 6 nitrogen and oxygen atoms in total. The first-order chi connectivity index (χ1) is 10.2. The van der Waals surface area contributed by atoms with Gasteiger partial charge in [0.25, 0.3) is 0 Å². The van der Waals surface area contributed by atoms with Gasteiger partial charge in [0, 0.05) is 52.5 Å². The number of amides is 1. The number of ether oxygens (including phenoxy) is 2. The SMILES string of the molecule is CCOCCN1CCN(C(=O)CC(CN)OC)CC1CC.Cl.Cl. The van der Waals surface area contributed by atoms with Crippen molar-refractivity contribution in [3.63, 3.8) is 0 Å². The minimum Gasteiger partial charge on any atom is -0.380 e. The van der Waals surface area contributed by atoms with Gasteiger partial charge in [-0.05, 0) is 13.3 Å². The summed E-state index contributed by atoms with van der Waals surface area (Å²) in [6.07, 6.45) is 1.25. The lowest BCUT2D eigenvalue weighted by molar-refractivity contribution is -0.136. The van der Waals surface area contributed by atoms with Crippen molar-refractivity contribution in [2.45, 2.75) is 38.8 Å². The zero-order chi connectivity index (χ0) is 15.7. The summed E-state index contributed by atoms with van der Waals surface area (Å²) >= 11 is 0. The average Bonchev–Trinajstić information content (AvgIpc) is 2.52. The van der Waals surface area contributed by atoms with Gasteiger partial charge in [0.05, 0.1) is 19.1 Å². The van der Waals surface area contributed by atoms with E-state index in [1.165, 1.54) is 0 Å². The third kappa shape index (κ3) is 8.52. The van der Waals surface area contributed by atoms with Crippen LogP contribution in [0.4, 0.5) is 0 Å². The second-order valence-corrected chi connectivity index (χ2v) is 5.43. The molecule has 1 aliphatic rings. The normalized spacial score (nSPS) is 19.7. The molecule has 0 saturated carbocycles. The first-order valence-electron chi connectivity index (χ1n) is 7.98. The van der Waals surface area contributed by atoms with Gasteiger partial charge in [-0.25, -0.2) is 0 Å². The monoisotopic (exact) mass is 373 g/mol. The zero-order valence-electron chi connectivity index (χ0n) is 14.5. The molecular formula is C15H33Cl2N3O3. The molecular weight excluding hydrogens is 341 g/mol. The molecule has 1 saturated heterocycles. The predicted molar refractivity (Wildman–Crippen MR) is 97.7 cm³/mol. The second-order valence-electron chi connectivity index (χ2n) is 5.43. The molecule has 0 radical (unpaired) electrons. The minimum absolute atomic E-state index is 0. The molecule has 0 aromatic heterocycles. The number of halogens is 2. The number of methoxy groups -OCH3 is 1. The largest absolute Gasteiger partial charge is 0.380 e. The van der Waals surface area contributed by atoms with Crippen LogP contribution in [0.5, 0.6) is 0 Å². The molecule has 1 fully saturated rings. The Bertz CT molecular complexity index is 308. The van der Waals surface area contributed by atoms with Gasteiger partial charge >= 0.3 is 0 Å². The van der Waals surface area contributed by atoms with Crippen LogP contribution in [-0.4, -0.2) is 80.9 Å². The van der Waals surface area contributed by atoms with E-state index >= 15 is 0 Å². The highest BCUT2D eigenvalue weighted by Gasteiger charge is 2.28. The molecule has 1 rings (SSSR count). The molecule has 1 heterocycles. The fraction of sp³-hybridized carbons (Fsp3) is 0.933. The van der Waals surface area contributed by atoms with Crippen LogP contribution < -0.4 is 5.73 Å². The first kappa shape index (κ1) is 25.1. The van der Waals surface area contributed by atoms with Crippen LogP contribution in [0, 0.1) is 0 Å². The molecule has 23 heavy (non-hydrogen) atoms. The molecule has 1 aliphatic heterocycles. The highest BCUT2D eigenvalue weighted by molar-refractivity contribution is 5.85. The number of nitrogens with two attached hydrogens (primary N) is 1. The van der Waals surface area contributed by atoms with Crippen LogP contribution in [0.3, 0.4) is 0 Å². The summed E-state index contributed by atoms with van der Waals surface area (Å²) in [6.45, 7) is 9.52. The third-order valence-corrected chi connectivity index (χ3v) is 4.15. The van der Waals surface area contributed by atoms with E-state index in [1.54, 1.807) is 7.11 Å². The second kappa shape index (κ2) is 14.3. The number of piperazine rings is 1. The molecule has 0 spiro atoms. The Morgan fingerprint density at radius 2 is 2.00 bits per heavy atom. The van der Waals surface area contributed by atoms with Crippen LogP contribution in [0.2, 0.25) is 0 Å². The summed E-state index contributed by atoms with van der Waals surface area (Å²) in [5.74, 6) is 0.148. The zero-order valence-corrected chi connectivity index (χ0v) is 16.2. The highest BCUT2D eigenvalue weighted by atomic mass is 35.5. The van der Waals surface area contributed by atoms with Crippen LogP contribution in [0.25, 0.3) is 0 Å². The van der Waals surface area contributed by atoms with Crippen LogP contribution >= 0.6 is 24.8 Å². The summed E-state index contributed by atoms with van der Waals surface area (Å²) in [7, 11) is 1.60. The number of nitrogens with zero attached hydrogens (tertiary/aromatic N) is 2. The smallest absolute Gasteiger partial charge is 0.225 e. The van der Waals surface area contributed by atoms with E-state index in [0.29, 0.717) is 19.0 Å². The summed E-state index contributed by atoms with van der Waals surface area (Å²) in [4.78, 5) is 16.7. The topological polar surface area (TPSA) is 68.0 Å². The lowest BCUT2D eigenvalue weighted by atomic mass is 10.1. The maximum absolute atomic E-state index is 12.3. The van der Waals surface area contributed by atoms with Gasteiger partial charge in [0.2, 0.25) is 5.91 Å². The Morgan fingerprint density at radius 3 is 2.52 bits per heavy atom. The van der Waals surface area contributed by atoms with Crippen LogP contribution in [0.1, 0.15) is 26.7 Å². The fourth-order valence-corrected chi connectivity index (χ4v) is 2.71. The van der Waals surface area contributed by atoms with E-state index in [4.69, 9.17) is 15.2 Å². The summed E-state index contributed by atoms with van der Waals surface area (Å²) in [6, 6.07) is 0.419. The molecule has 0 aromatic carbocycles. The van der Waals surface area contributed by atoms with Crippen molar-refractivity contribution >= 4 is 30.7 Å². The third-order valence-electron chi connectivity index (χ3n) is 4.15. The lowest BCUT2D eigenvalue weighted by Crippen LogP contribution is -2.55. The van der Waals surface area contributed by atoms with Crippen molar-refractivity contribution < 1.29 is 14.3 Å². The molecule has 2 atom stereocenters. The molecule has 0 aromatic rings. The number of carbonyl (C=O) groups excluding carboxylic acids is 1. The standard InChI is InChI=1S/C15H31N3O3.2ClH/c1-4-13-12-18(15(19)10-14(11-16)20-3)7-6-17(13)8-9-21-5-2;;/h13-14H,4-12,16H2,1-3H3;2*1H. The first-order valence-corrected chi connectivity index (χ1v) is 7.98. The van der Waals surface area contributed by atoms with Crippen molar-refractivity contribution in [1.29, 1.82) is 0 Å². The van der Waals surface area contributed by atoms with Crippen molar-refractivity contribution in [3.8, 4) is 0 Å². The van der Waals surface area contributed by atoms with Gasteiger partial charge in [0.1, 0.15) is 0 Å². The molecule has 140 valence electrons. The highest BCUT2D eigenvalue weighted by Crippen LogP contribution is 2.14. The molecule has 2 N–H and O–H groups in total. The maximum Gasteiger partial charge on any atom is 0.225 e.